The van der Waals surface area contributed by atoms with Crippen LogP contribution in [0.5, 0.6) is 0 Å². The van der Waals surface area contributed by atoms with E-state index >= 15 is 0 Å². The fraction of sp³-hybridized carbons (Fsp3) is 0.500. The van der Waals surface area contributed by atoms with Crippen LogP contribution in [0.15, 0.2) is 48.5 Å². The van der Waals surface area contributed by atoms with Crippen molar-refractivity contribution >= 4 is 23.2 Å². The van der Waals surface area contributed by atoms with Gasteiger partial charge in [-0.3, -0.25) is 0 Å². The van der Waals surface area contributed by atoms with Gasteiger partial charge in [0.15, 0.2) is 0 Å². The lowest BCUT2D eigenvalue weighted by Crippen LogP contribution is -2.27. The molecule has 6 atom stereocenters. The van der Waals surface area contributed by atoms with Crippen LogP contribution >= 0.6 is 23.2 Å². The van der Waals surface area contributed by atoms with Gasteiger partial charge in [-0.15, -0.1) is 0 Å². The summed E-state index contributed by atoms with van der Waals surface area (Å²) in [6.07, 6.45) is 2.39. The number of halogens is 2. The van der Waals surface area contributed by atoms with E-state index in [0.29, 0.717) is 35.8 Å². The molecule has 6 heteroatoms. The van der Waals surface area contributed by atoms with Crippen LogP contribution in [-0.4, -0.2) is 26.3 Å². The third-order valence-electron chi connectivity index (χ3n) is 6.18. The van der Waals surface area contributed by atoms with E-state index in [9.17, 15) is 0 Å². The van der Waals surface area contributed by atoms with Crippen LogP contribution in [0.2, 0.25) is 10.0 Å². The molecule has 0 amide bonds. The van der Waals surface area contributed by atoms with Crippen molar-refractivity contribution in [2.24, 2.45) is 11.8 Å². The molecular weight excluding hydrogens is 419 g/mol. The Morgan fingerprint density at radius 3 is 1.43 bits per heavy atom. The molecule has 3 unspecified atom stereocenters. The van der Waals surface area contributed by atoms with E-state index in [2.05, 4.69) is 36.9 Å². The van der Waals surface area contributed by atoms with Gasteiger partial charge in [0.1, 0.15) is 0 Å². The fourth-order valence-electron chi connectivity index (χ4n) is 4.35. The van der Waals surface area contributed by atoms with Crippen LogP contribution in [0.25, 0.3) is 0 Å². The van der Waals surface area contributed by atoms with E-state index in [4.69, 9.17) is 32.9 Å². The minimum Gasteiger partial charge on any atom is -0.305 e. The van der Waals surface area contributed by atoms with Crippen LogP contribution < -0.4 is 11.0 Å². The molecule has 0 heterocycles. The Balaban J connectivity index is 0.000000171. The Morgan fingerprint density at radius 1 is 0.733 bits per heavy atom. The van der Waals surface area contributed by atoms with Gasteiger partial charge in [-0.05, 0) is 73.6 Å². The van der Waals surface area contributed by atoms with Crippen molar-refractivity contribution in [3.8, 4) is 0 Å². The minimum atomic E-state index is 0.385. The third kappa shape index (κ3) is 5.97. The number of hydrogen-bond acceptors (Lipinski definition) is 4. The molecule has 0 radical (unpaired) electrons. The van der Waals surface area contributed by atoms with Crippen molar-refractivity contribution in [2.75, 3.05) is 14.2 Å². The molecule has 2 aromatic carbocycles. The van der Waals surface area contributed by atoms with Gasteiger partial charge < -0.3 is 9.68 Å². The van der Waals surface area contributed by atoms with Crippen molar-refractivity contribution in [1.29, 1.82) is 0 Å². The maximum Gasteiger partial charge on any atom is 0.0572 e. The van der Waals surface area contributed by atoms with E-state index < -0.39 is 0 Å². The predicted molar refractivity (Wildman–Crippen MR) is 124 cm³/mol. The minimum absolute atomic E-state index is 0.385. The molecule has 0 bridgehead atoms. The van der Waals surface area contributed by atoms with Gasteiger partial charge >= 0.3 is 0 Å². The monoisotopic (exact) mass is 450 g/mol. The standard InChI is InChI=1S/2C12H16ClNO/c2*1-8(14-15-2)10-7-11(10)9-5-3-4-6-12(9)13/h2*3-6,8,10-11,14H,7H2,1-2H3/t8?,10-,11?;8?,10-,11-/m11/s1. The summed E-state index contributed by atoms with van der Waals surface area (Å²) in [6.45, 7) is 4.29. The number of nitrogens with one attached hydrogen (secondary N) is 2. The zero-order chi connectivity index (χ0) is 21.7. The van der Waals surface area contributed by atoms with E-state index in [1.165, 1.54) is 24.0 Å². The van der Waals surface area contributed by atoms with E-state index in [-0.39, 0.29) is 0 Å². The lowest BCUT2D eigenvalue weighted by molar-refractivity contribution is 0.0591. The van der Waals surface area contributed by atoms with E-state index in [1.54, 1.807) is 14.2 Å². The Labute approximate surface area is 190 Å². The summed E-state index contributed by atoms with van der Waals surface area (Å²) in [4.78, 5) is 9.87. The first-order valence-corrected chi connectivity index (χ1v) is 11.3. The summed E-state index contributed by atoms with van der Waals surface area (Å²) in [5.41, 5.74) is 8.51. The smallest absolute Gasteiger partial charge is 0.0572 e. The topological polar surface area (TPSA) is 42.5 Å². The molecule has 2 N–H and O–H groups in total. The number of hydrogen-bond donors (Lipinski definition) is 2. The van der Waals surface area contributed by atoms with Gasteiger partial charge in [0.05, 0.1) is 14.2 Å². The number of benzene rings is 2. The highest BCUT2D eigenvalue weighted by molar-refractivity contribution is 6.31. The lowest BCUT2D eigenvalue weighted by atomic mass is 10.1. The zero-order valence-electron chi connectivity index (χ0n) is 18.1. The second-order valence-electron chi connectivity index (χ2n) is 8.28. The molecule has 164 valence electrons. The molecular formula is C24H32Cl2N2O2. The summed E-state index contributed by atoms with van der Waals surface area (Å²) in [5.74, 6) is 2.47. The van der Waals surface area contributed by atoms with E-state index in [1.807, 2.05) is 36.4 Å². The predicted octanol–water partition coefficient (Wildman–Crippen LogP) is 5.97. The van der Waals surface area contributed by atoms with Gasteiger partial charge in [0, 0.05) is 22.1 Å². The van der Waals surface area contributed by atoms with E-state index in [0.717, 1.165) is 10.0 Å². The van der Waals surface area contributed by atoms with Crippen LogP contribution in [0.3, 0.4) is 0 Å². The maximum absolute atomic E-state index is 6.15. The summed E-state index contributed by atoms with van der Waals surface area (Å²) in [7, 11) is 3.31. The quantitative estimate of drug-likeness (QED) is 0.486. The summed E-state index contributed by atoms with van der Waals surface area (Å²) in [6, 6.07) is 17.0. The molecule has 2 fully saturated rings. The summed E-state index contributed by atoms with van der Waals surface area (Å²) >= 11 is 12.3. The third-order valence-corrected chi connectivity index (χ3v) is 6.87. The Bertz CT molecular complexity index is 752. The van der Waals surface area contributed by atoms with Crippen molar-refractivity contribution < 1.29 is 9.68 Å². The normalized spacial score (nSPS) is 26.3. The molecule has 0 saturated heterocycles. The SMILES string of the molecule is CONC(C)[C@H]1CC1c1ccccc1Cl.CONC(C)[C@H]1C[C@@H]1c1ccccc1Cl. The highest BCUT2D eigenvalue weighted by atomic mass is 35.5. The Hall–Kier alpha value is -1.14. The average molecular weight is 451 g/mol. The largest absolute Gasteiger partial charge is 0.305 e. The lowest BCUT2D eigenvalue weighted by Gasteiger charge is -2.11. The second kappa shape index (κ2) is 10.9. The van der Waals surface area contributed by atoms with Gasteiger partial charge in [0.2, 0.25) is 0 Å². The van der Waals surface area contributed by atoms with Crippen molar-refractivity contribution in [1.82, 2.24) is 11.0 Å². The van der Waals surface area contributed by atoms with Gasteiger partial charge in [-0.1, -0.05) is 59.6 Å². The Kier molecular flexibility index (Phi) is 8.58. The maximum atomic E-state index is 6.15. The Morgan fingerprint density at radius 2 is 1.10 bits per heavy atom. The van der Waals surface area contributed by atoms with Gasteiger partial charge in [-0.2, -0.15) is 11.0 Å². The first-order chi connectivity index (χ1) is 14.5. The van der Waals surface area contributed by atoms with Crippen LogP contribution in [-0.2, 0) is 9.68 Å². The molecule has 0 spiro atoms. The molecule has 2 aliphatic rings. The highest BCUT2D eigenvalue weighted by Crippen LogP contribution is 2.52. The van der Waals surface area contributed by atoms with Gasteiger partial charge in [0.25, 0.3) is 0 Å². The van der Waals surface area contributed by atoms with Crippen molar-refractivity contribution in [3.63, 3.8) is 0 Å². The molecule has 2 aliphatic carbocycles. The molecule has 0 aliphatic heterocycles. The molecule has 4 rings (SSSR count). The molecule has 0 aromatic heterocycles. The summed E-state index contributed by atoms with van der Waals surface area (Å²) < 4.78 is 0. The molecule has 2 saturated carbocycles. The fourth-order valence-corrected chi connectivity index (χ4v) is 4.90. The first kappa shape index (κ1) is 23.5. The van der Waals surface area contributed by atoms with Crippen LogP contribution in [0.4, 0.5) is 0 Å². The van der Waals surface area contributed by atoms with Gasteiger partial charge in [-0.25, -0.2) is 0 Å². The molecule has 4 nitrogen and oxygen atoms in total. The van der Waals surface area contributed by atoms with Crippen LogP contribution in [0, 0.1) is 11.8 Å². The van der Waals surface area contributed by atoms with Crippen molar-refractivity contribution in [2.45, 2.75) is 50.6 Å². The van der Waals surface area contributed by atoms with Crippen molar-refractivity contribution in [3.05, 3.63) is 69.7 Å². The first-order valence-electron chi connectivity index (χ1n) is 10.5. The second-order valence-corrected chi connectivity index (χ2v) is 9.09. The molecule has 30 heavy (non-hydrogen) atoms. The summed E-state index contributed by atoms with van der Waals surface area (Å²) in [5, 5.41) is 1.77. The average Bonchev–Trinajstić information content (AvgIpc) is 3.63. The number of rotatable bonds is 8. The molecule has 2 aromatic rings. The van der Waals surface area contributed by atoms with Crippen LogP contribution in [0.1, 0.15) is 49.7 Å². The number of hydroxylamine groups is 2. The zero-order valence-corrected chi connectivity index (χ0v) is 19.6. The highest BCUT2D eigenvalue weighted by Gasteiger charge is 2.43.